The summed E-state index contributed by atoms with van der Waals surface area (Å²) in [6, 6.07) is 5.64. The number of halogens is 2. The molecule has 0 aliphatic rings. The summed E-state index contributed by atoms with van der Waals surface area (Å²) in [6.45, 7) is 2.02. The Balaban J connectivity index is 3.20. The number of methoxy groups -OCH3 is 1. The van der Waals surface area contributed by atoms with Crippen LogP contribution >= 0.6 is 27.5 Å². The van der Waals surface area contributed by atoms with Crippen LogP contribution in [0.15, 0.2) is 18.2 Å². The molecule has 0 amide bonds. The molecule has 0 radical (unpaired) electrons. The minimum absolute atomic E-state index is 0.209. The number of benzene rings is 1. The van der Waals surface area contributed by atoms with E-state index in [4.69, 9.17) is 16.3 Å². The van der Waals surface area contributed by atoms with Crippen LogP contribution in [0.2, 0.25) is 5.02 Å². The van der Waals surface area contributed by atoms with E-state index < -0.39 is 0 Å². The summed E-state index contributed by atoms with van der Waals surface area (Å²) in [6.07, 6.45) is 0. The third-order valence-electron chi connectivity index (χ3n) is 1.63. The van der Waals surface area contributed by atoms with E-state index in [0.29, 0.717) is 0 Å². The van der Waals surface area contributed by atoms with E-state index in [9.17, 15) is 0 Å². The van der Waals surface area contributed by atoms with Crippen molar-refractivity contribution in [3.05, 3.63) is 28.8 Å². The van der Waals surface area contributed by atoms with Crippen molar-refractivity contribution in [2.45, 2.75) is 11.8 Å². The van der Waals surface area contributed by atoms with Crippen LogP contribution in [0.25, 0.3) is 0 Å². The van der Waals surface area contributed by atoms with Gasteiger partial charge in [-0.25, -0.2) is 0 Å². The van der Waals surface area contributed by atoms with Gasteiger partial charge in [0.15, 0.2) is 0 Å². The first-order valence-corrected chi connectivity index (χ1v) is 4.92. The summed E-state index contributed by atoms with van der Waals surface area (Å²) in [5.74, 6) is 0.826. The molecule has 0 saturated carbocycles. The fourth-order valence-corrected chi connectivity index (χ4v) is 2.01. The van der Waals surface area contributed by atoms with Crippen molar-refractivity contribution in [3.63, 3.8) is 0 Å². The molecule has 3 heteroatoms. The van der Waals surface area contributed by atoms with Crippen molar-refractivity contribution in [2.24, 2.45) is 0 Å². The highest BCUT2D eigenvalue weighted by atomic mass is 79.9. The standard InChI is InChI=1S/C9H10BrClO/c1-6(10)9-7(11)4-3-5-8(9)12-2/h3-6H,1-2H3. The highest BCUT2D eigenvalue weighted by molar-refractivity contribution is 9.09. The zero-order valence-electron chi connectivity index (χ0n) is 6.97. The van der Waals surface area contributed by atoms with Gasteiger partial charge in [-0.05, 0) is 19.1 Å². The highest BCUT2D eigenvalue weighted by Gasteiger charge is 2.11. The van der Waals surface area contributed by atoms with E-state index >= 15 is 0 Å². The van der Waals surface area contributed by atoms with Crippen LogP contribution in [0.4, 0.5) is 0 Å². The van der Waals surface area contributed by atoms with Crippen molar-refractivity contribution >= 4 is 27.5 Å². The van der Waals surface area contributed by atoms with Crippen molar-refractivity contribution < 1.29 is 4.74 Å². The minimum atomic E-state index is 0.209. The van der Waals surface area contributed by atoms with Crippen LogP contribution in [-0.4, -0.2) is 7.11 Å². The van der Waals surface area contributed by atoms with Gasteiger partial charge in [-0.15, -0.1) is 0 Å². The van der Waals surface area contributed by atoms with E-state index in [1.54, 1.807) is 7.11 Å². The van der Waals surface area contributed by atoms with Gasteiger partial charge in [0, 0.05) is 15.4 Å². The summed E-state index contributed by atoms with van der Waals surface area (Å²) in [5, 5.41) is 0.735. The maximum atomic E-state index is 5.99. The lowest BCUT2D eigenvalue weighted by atomic mass is 10.1. The van der Waals surface area contributed by atoms with Crippen molar-refractivity contribution in [2.75, 3.05) is 7.11 Å². The second-order valence-corrected chi connectivity index (χ2v) is 4.25. The molecule has 1 unspecified atom stereocenters. The molecule has 0 fully saturated rings. The molecule has 0 aromatic heterocycles. The van der Waals surface area contributed by atoms with Crippen molar-refractivity contribution in [1.29, 1.82) is 0 Å². The molecule has 1 nitrogen and oxygen atoms in total. The molecule has 0 saturated heterocycles. The Morgan fingerprint density at radius 3 is 2.58 bits per heavy atom. The average Bonchev–Trinajstić information content (AvgIpc) is 2.03. The van der Waals surface area contributed by atoms with Gasteiger partial charge in [0.05, 0.1) is 7.11 Å². The average molecular weight is 250 g/mol. The normalized spacial score (nSPS) is 12.7. The van der Waals surface area contributed by atoms with Gasteiger partial charge >= 0.3 is 0 Å². The Morgan fingerprint density at radius 2 is 2.17 bits per heavy atom. The first-order valence-electron chi connectivity index (χ1n) is 3.63. The monoisotopic (exact) mass is 248 g/mol. The summed E-state index contributed by atoms with van der Waals surface area (Å²) >= 11 is 9.45. The third kappa shape index (κ3) is 1.93. The van der Waals surface area contributed by atoms with E-state index in [0.717, 1.165) is 16.3 Å². The van der Waals surface area contributed by atoms with Crippen LogP contribution in [0.5, 0.6) is 5.75 Å². The summed E-state index contributed by atoms with van der Waals surface area (Å²) in [4.78, 5) is 0.209. The predicted octanol–water partition coefficient (Wildman–Crippen LogP) is 3.80. The van der Waals surface area contributed by atoms with Crippen LogP contribution in [-0.2, 0) is 0 Å². The molecule has 1 atom stereocenters. The molecular weight excluding hydrogens is 239 g/mol. The minimum Gasteiger partial charge on any atom is -0.496 e. The molecule has 0 aliphatic heterocycles. The Kier molecular flexibility index (Phi) is 3.41. The van der Waals surface area contributed by atoms with Crippen LogP contribution in [0.1, 0.15) is 17.3 Å². The summed E-state index contributed by atoms with van der Waals surface area (Å²) in [7, 11) is 1.64. The van der Waals surface area contributed by atoms with Crippen LogP contribution in [0.3, 0.4) is 0 Å². The second-order valence-electron chi connectivity index (χ2n) is 2.47. The number of alkyl halides is 1. The third-order valence-corrected chi connectivity index (χ3v) is 2.42. The fourth-order valence-electron chi connectivity index (χ4n) is 1.08. The van der Waals surface area contributed by atoms with Crippen molar-refractivity contribution in [3.8, 4) is 5.75 Å². The van der Waals surface area contributed by atoms with Gasteiger partial charge in [-0.1, -0.05) is 33.6 Å². The van der Waals surface area contributed by atoms with E-state index in [1.165, 1.54) is 0 Å². The van der Waals surface area contributed by atoms with E-state index in [1.807, 2.05) is 25.1 Å². The molecule has 1 aromatic rings. The number of hydrogen-bond donors (Lipinski definition) is 0. The van der Waals surface area contributed by atoms with Gasteiger partial charge in [-0.3, -0.25) is 0 Å². The van der Waals surface area contributed by atoms with E-state index in [-0.39, 0.29) is 4.83 Å². The largest absolute Gasteiger partial charge is 0.496 e. The molecule has 66 valence electrons. The highest BCUT2D eigenvalue weighted by Crippen LogP contribution is 2.35. The Hall–Kier alpha value is -0.210. The number of hydrogen-bond acceptors (Lipinski definition) is 1. The SMILES string of the molecule is COc1cccc(Cl)c1C(C)Br. The molecule has 1 aromatic carbocycles. The fraction of sp³-hybridized carbons (Fsp3) is 0.333. The van der Waals surface area contributed by atoms with Gasteiger partial charge in [-0.2, -0.15) is 0 Å². The van der Waals surface area contributed by atoms with Gasteiger partial charge in [0.2, 0.25) is 0 Å². The molecule has 0 heterocycles. The van der Waals surface area contributed by atoms with E-state index in [2.05, 4.69) is 15.9 Å². The van der Waals surface area contributed by atoms with Crippen LogP contribution < -0.4 is 4.74 Å². The van der Waals surface area contributed by atoms with Gasteiger partial charge < -0.3 is 4.74 Å². The lowest BCUT2D eigenvalue weighted by Gasteiger charge is -2.11. The van der Waals surface area contributed by atoms with Crippen LogP contribution in [0, 0.1) is 0 Å². The Morgan fingerprint density at radius 1 is 1.50 bits per heavy atom. The van der Waals surface area contributed by atoms with Gasteiger partial charge in [0.25, 0.3) is 0 Å². The second kappa shape index (κ2) is 4.15. The molecule has 1 rings (SSSR count). The lowest BCUT2D eigenvalue weighted by Crippen LogP contribution is -1.92. The summed E-state index contributed by atoms with van der Waals surface area (Å²) < 4.78 is 5.17. The molecule has 0 N–H and O–H groups in total. The quantitative estimate of drug-likeness (QED) is 0.724. The molecule has 0 aliphatic carbocycles. The summed E-state index contributed by atoms with van der Waals surface area (Å²) in [5.41, 5.74) is 1.00. The molecular formula is C9H10BrClO. The Bertz CT molecular complexity index is 273. The first kappa shape index (κ1) is 9.87. The predicted molar refractivity (Wildman–Crippen MR) is 55.3 cm³/mol. The zero-order valence-corrected chi connectivity index (χ0v) is 9.32. The first-order chi connectivity index (χ1) is 5.66. The molecule has 0 bridgehead atoms. The topological polar surface area (TPSA) is 9.23 Å². The lowest BCUT2D eigenvalue weighted by molar-refractivity contribution is 0.410. The molecule has 0 spiro atoms. The zero-order chi connectivity index (χ0) is 9.14. The number of rotatable bonds is 2. The van der Waals surface area contributed by atoms with Crippen molar-refractivity contribution in [1.82, 2.24) is 0 Å². The maximum absolute atomic E-state index is 5.99. The number of ether oxygens (including phenoxy) is 1. The maximum Gasteiger partial charge on any atom is 0.124 e. The smallest absolute Gasteiger partial charge is 0.124 e. The Labute approximate surface area is 85.8 Å². The molecule has 12 heavy (non-hydrogen) atoms. The van der Waals surface area contributed by atoms with Gasteiger partial charge in [0.1, 0.15) is 5.75 Å².